The fraction of sp³-hybridized carbons (Fsp3) is 0.524. The van der Waals surface area contributed by atoms with Gasteiger partial charge in [-0.2, -0.15) is 0 Å². The first-order valence-corrected chi connectivity index (χ1v) is 9.67. The lowest BCUT2D eigenvalue weighted by Crippen LogP contribution is -2.34. The van der Waals surface area contributed by atoms with Crippen LogP contribution in [-0.4, -0.2) is 63.9 Å². The van der Waals surface area contributed by atoms with Crippen LogP contribution in [0.1, 0.15) is 26.7 Å². The number of anilines is 1. The smallest absolute Gasteiger partial charge is 0.490 e. The van der Waals surface area contributed by atoms with Gasteiger partial charge >= 0.3 is 6.36 Å². The number of hydrogen-bond acceptors (Lipinski definition) is 5. The van der Waals surface area contributed by atoms with Crippen LogP contribution in [0.4, 0.5) is 18.9 Å². The zero-order valence-electron chi connectivity index (χ0n) is 18.7. The molecular formula is C21H32F3N5O2. The van der Waals surface area contributed by atoms with Crippen LogP contribution < -0.4 is 20.1 Å². The molecule has 0 amide bonds. The van der Waals surface area contributed by atoms with Gasteiger partial charge in [0.25, 0.3) is 0 Å². The first-order chi connectivity index (χ1) is 14.7. The molecule has 0 bridgehead atoms. The fourth-order valence-electron chi connectivity index (χ4n) is 2.42. The Kier molecular flexibility index (Phi) is 13.5. The predicted octanol–water partition coefficient (Wildman–Crippen LogP) is 3.98. The van der Waals surface area contributed by atoms with E-state index >= 15 is 0 Å². The van der Waals surface area contributed by atoms with E-state index in [0.29, 0.717) is 23.9 Å². The summed E-state index contributed by atoms with van der Waals surface area (Å²) in [6.07, 6.45) is 4.90. The first-order valence-electron chi connectivity index (χ1n) is 9.67. The van der Waals surface area contributed by atoms with Crippen LogP contribution in [0.5, 0.6) is 11.5 Å². The van der Waals surface area contributed by atoms with Gasteiger partial charge in [0.1, 0.15) is 0 Å². The van der Waals surface area contributed by atoms with E-state index in [-0.39, 0.29) is 18.1 Å². The van der Waals surface area contributed by atoms with Crippen molar-refractivity contribution in [1.29, 1.82) is 0 Å². The van der Waals surface area contributed by atoms with Crippen molar-refractivity contribution in [2.45, 2.75) is 33.1 Å². The summed E-state index contributed by atoms with van der Waals surface area (Å²) in [6, 6.07) is 4.11. The van der Waals surface area contributed by atoms with Crippen LogP contribution in [-0.2, 0) is 0 Å². The highest BCUT2D eigenvalue weighted by molar-refractivity contribution is 6.05. The number of rotatable bonds is 9. The second-order valence-corrected chi connectivity index (χ2v) is 6.35. The Morgan fingerprint density at radius 3 is 2.35 bits per heavy atom. The van der Waals surface area contributed by atoms with Gasteiger partial charge in [0.2, 0.25) is 5.96 Å². The molecule has 0 aromatic heterocycles. The number of terminal acetylenes is 1. The lowest BCUT2D eigenvalue weighted by molar-refractivity contribution is -0.275. The third-order valence-corrected chi connectivity index (χ3v) is 3.84. The van der Waals surface area contributed by atoms with Crippen LogP contribution in [0.3, 0.4) is 0 Å². The van der Waals surface area contributed by atoms with E-state index in [1.165, 1.54) is 18.2 Å². The quantitative estimate of drug-likeness (QED) is 0.262. The molecule has 1 aromatic carbocycles. The molecule has 0 radical (unpaired) electrons. The number of ether oxygens (including phenoxy) is 2. The van der Waals surface area contributed by atoms with E-state index in [4.69, 9.17) is 4.74 Å². The van der Waals surface area contributed by atoms with Crippen molar-refractivity contribution in [3.8, 4) is 24.3 Å². The highest BCUT2D eigenvalue weighted by atomic mass is 19.4. The number of guanidine groups is 1. The summed E-state index contributed by atoms with van der Waals surface area (Å²) < 4.78 is 47.8. The van der Waals surface area contributed by atoms with Gasteiger partial charge in [0, 0.05) is 32.4 Å². The molecule has 0 aliphatic carbocycles. The van der Waals surface area contributed by atoms with Crippen molar-refractivity contribution in [2.24, 2.45) is 9.98 Å². The van der Waals surface area contributed by atoms with Gasteiger partial charge in [-0.15, -0.1) is 26.0 Å². The van der Waals surface area contributed by atoms with E-state index < -0.39 is 6.36 Å². The maximum atomic E-state index is 12.7. The van der Waals surface area contributed by atoms with Crippen molar-refractivity contribution in [2.75, 3.05) is 46.2 Å². The summed E-state index contributed by atoms with van der Waals surface area (Å²) in [7, 11) is 5.19. The predicted molar refractivity (Wildman–Crippen MR) is 120 cm³/mol. The van der Waals surface area contributed by atoms with Crippen molar-refractivity contribution in [1.82, 2.24) is 10.2 Å². The molecule has 0 aliphatic heterocycles. The summed E-state index contributed by atoms with van der Waals surface area (Å²) in [5, 5.41) is 5.93. The molecule has 0 spiro atoms. The number of amidine groups is 1. The highest BCUT2D eigenvalue weighted by Gasteiger charge is 2.32. The van der Waals surface area contributed by atoms with Crippen LogP contribution in [0.2, 0.25) is 0 Å². The number of aliphatic imine (C=N–C) groups is 2. The van der Waals surface area contributed by atoms with Crippen molar-refractivity contribution in [3.05, 3.63) is 18.2 Å². The molecule has 0 fully saturated rings. The van der Waals surface area contributed by atoms with Gasteiger partial charge in [-0.3, -0.25) is 9.98 Å². The lowest BCUT2D eigenvalue weighted by Gasteiger charge is -2.18. The van der Waals surface area contributed by atoms with E-state index in [1.807, 2.05) is 7.05 Å². The second-order valence-electron chi connectivity index (χ2n) is 6.35. The number of hydrogen-bond donors (Lipinski definition) is 2. The largest absolute Gasteiger partial charge is 0.573 e. The topological polar surface area (TPSA) is 70.5 Å². The molecule has 1 aromatic rings. The summed E-state index contributed by atoms with van der Waals surface area (Å²) in [6.45, 7) is 5.85. The summed E-state index contributed by atoms with van der Waals surface area (Å²) >= 11 is 0. The molecule has 0 heterocycles. The Labute approximate surface area is 182 Å². The highest BCUT2D eigenvalue weighted by Crippen LogP contribution is 2.34. The summed E-state index contributed by atoms with van der Waals surface area (Å²) in [5.41, 5.74) is 0.495. The van der Waals surface area contributed by atoms with Gasteiger partial charge in [-0.25, -0.2) is 0 Å². The monoisotopic (exact) mass is 443 g/mol. The van der Waals surface area contributed by atoms with Gasteiger partial charge in [-0.05, 0) is 45.5 Å². The Balaban J connectivity index is 0.00000436. The molecule has 10 heteroatoms. The molecule has 0 atom stereocenters. The van der Waals surface area contributed by atoms with E-state index in [2.05, 4.69) is 50.0 Å². The maximum absolute atomic E-state index is 12.7. The third-order valence-electron chi connectivity index (χ3n) is 3.84. The Hall–Kier alpha value is -2.93. The minimum absolute atomic E-state index is 0.00167. The van der Waals surface area contributed by atoms with E-state index in [9.17, 15) is 13.2 Å². The Morgan fingerprint density at radius 2 is 1.81 bits per heavy atom. The van der Waals surface area contributed by atoms with E-state index in [0.717, 1.165) is 19.5 Å². The SMILES string of the molecule is C#C.CCCN(C)CCCOc1cc(NC(=NC)NC(C)=NC)ccc1OC(F)(F)F. The number of halogens is 3. The zero-order chi connectivity index (χ0) is 23.9. The summed E-state index contributed by atoms with van der Waals surface area (Å²) in [4.78, 5) is 10.2. The molecule has 0 saturated carbocycles. The van der Waals surface area contributed by atoms with Crippen LogP contribution in [0.15, 0.2) is 28.2 Å². The number of alkyl halides is 3. The zero-order valence-corrected chi connectivity index (χ0v) is 18.7. The molecule has 0 saturated heterocycles. The number of benzene rings is 1. The molecule has 174 valence electrons. The molecular weight excluding hydrogens is 411 g/mol. The Bertz CT molecular complexity index is 733. The van der Waals surface area contributed by atoms with Gasteiger partial charge in [0.15, 0.2) is 11.5 Å². The van der Waals surface area contributed by atoms with Crippen LogP contribution >= 0.6 is 0 Å². The van der Waals surface area contributed by atoms with Crippen molar-refractivity contribution >= 4 is 17.5 Å². The maximum Gasteiger partial charge on any atom is 0.573 e. The molecule has 1 rings (SSSR count). The first kappa shape index (κ1) is 28.1. The second kappa shape index (κ2) is 15.0. The Morgan fingerprint density at radius 1 is 1.13 bits per heavy atom. The van der Waals surface area contributed by atoms with Crippen LogP contribution in [0, 0.1) is 12.8 Å². The molecule has 31 heavy (non-hydrogen) atoms. The fourth-order valence-corrected chi connectivity index (χ4v) is 2.42. The molecule has 0 unspecified atom stereocenters. The minimum Gasteiger partial charge on any atom is -0.490 e. The normalized spacial score (nSPS) is 12.1. The van der Waals surface area contributed by atoms with Crippen LogP contribution in [0.25, 0.3) is 0 Å². The molecule has 0 aliphatic rings. The lowest BCUT2D eigenvalue weighted by atomic mass is 10.2. The average molecular weight is 444 g/mol. The van der Waals surface area contributed by atoms with Gasteiger partial charge in [0.05, 0.1) is 12.4 Å². The molecule has 2 N–H and O–H groups in total. The number of nitrogens with zero attached hydrogens (tertiary/aromatic N) is 3. The van der Waals surface area contributed by atoms with Crippen molar-refractivity contribution < 1.29 is 22.6 Å². The number of nitrogens with one attached hydrogen (secondary N) is 2. The molecule has 7 nitrogen and oxygen atoms in total. The minimum atomic E-state index is -4.80. The van der Waals surface area contributed by atoms with Gasteiger partial charge < -0.3 is 25.0 Å². The van der Waals surface area contributed by atoms with E-state index in [1.54, 1.807) is 21.0 Å². The standard InChI is InChI=1S/C19H30F3N5O2.C2H2/c1-6-10-27(5)11-7-12-28-17-13-15(8-9-16(17)29-19(20,21)22)26-18(24-4)25-14(2)23-3;1-2/h8-9,13H,6-7,10-12H2,1-5H3,(H2,23,24,25,26);1-2H. The average Bonchev–Trinajstić information content (AvgIpc) is 2.72. The third kappa shape index (κ3) is 12.4. The summed E-state index contributed by atoms with van der Waals surface area (Å²) in [5.74, 6) is 0.633. The van der Waals surface area contributed by atoms with Gasteiger partial charge in [-0.1, -0.05) is 6.92 Å². The van der Waals surface area contributed by atoms with Crippen molar-refractivity contribution in [3.63, 3.8) is 0 Å².